The van der Waals surface area contributed by atoms with Gasteiger partial charge in [-0.1, -0.05) is 24.3 Å². The number of nitrogen functional groups attached to an aromatic ring is 1. The first-order chi connectivity index (χ1) is 6.98. The predicted molar refractivity (Wildman–Crippen MR) is 53.4 cm³/mol. The van der Waals surface area contributed by atoms with Crippen LogP contribution >= 0.6 is 0 Å². The lowest BCUT2D eigenvalue weighted by molar-refractivity contribution is -0.136. The Balaban J connectivity index is 2.73. The lowest BCUT2D eigenvalue weighted by atomic mass is 10.0. The zero-order valence-electron chi connectivity index (χ0n) is 7.68. The minimum absolute atomic E-state index is 0.235. The summed E-state index contributed by atoms with van der Waals surface area (Å²) in [5.41, 5.74) is 4.34. The summed E-state index contributed by atoms with van der Waals surface area (Å²) in [7, 11) is 0. The van der Waals surface area contributed by atoms with Gasteiger partial charge in [0.2, 0.25) is 0 Å². The molecular formula is C11H8F3N. The summed E-state index contributed by atoms with van der Waals surface area (Å²) in [6.45, 7) is 0. The van der Waals surface area contributed by atoms with Crippen molar-refractivity contribution in [2.45, 2.75) is 6.18 Å². The molecule has 0 atom stereocenters. The number of rotatable bonds is 0. The summed E-state index contributed by atoms with van der Waals surface area (Å²) in [5.74, 6) is 0. The Morgan fingerprint density at radius 1 is 0.933 bits per heavy atom. The van der Waals surface area contributed by atoms with Gasteiger partial charge in [-0.2, -0.15) is 13.2 Å². The Labute approximate surface area is 84.3 Å². The number of hydrogen-bond donors (Lipinski definition) is 1. The zero-order valence-corrected chi connectivity index (χ0v) is 7.68. The van der Waals surface area contributed by atoms with Gasteiger partial charge in [-0.05, 0) is 22.9 Å². The van der Waals surface area contributed by atoms with E-state index in [0.29, 0.717) is 10.8 Å². The quantitative estimate of drug-likeness (QED) is 0.663. The maximum Gasteiger partial charge on any atom is 0.418 e. The molecule has 0 bridgehead atoms. The second kappa shape index (κ2) is 3.15. The molecule has 0 aliphatic carbocycles. The van der Waals surface area contributed by atoms with Crippen LogP contribution in [0.25, 0.3) is 10.8 Å². The molecule has 0 fully saturated rings. The van der Waals surface area contributed by atoms with Crippen LogP contribution in [0.1, 0.15) is 5.56 Å². The lowest BCUT2D eigenvalue weighted by Gasteiger charge is -2.10. The smallest absolute Gasteiger partial charge is 0.398 e. The Morgan fingerprint density at radius 3 is 2.00 bits per heavy atom. The van der Waals surface area contributed by atoms with E-state index in [1.165, 1.54) is 6.07 Å². The van der Waals surface area contributed by atoms with Gasteiger partial charge < -0.3 is 5.73 Å². The van der Waals surface area contributed by atoms with Gasteiger partial charge in [0.15, 0.2) is 0 Å². The van der Waals surface area contributed by atoms with E-state index >= 15 is 0 Å². The summed E-state index contributed by atoms with van der Waals surface area (Å²) in [6, 6.07) is 9.23. The third kappa shape index (κ3) is 1.75. The molecular weight excluding hydrogens is 203 g/mol. The summed E-state index contributed by atoms with van der Waals surface area (Å²) < 4.78 is 37.5. The molecule has 0 heterocycles. The van der Waals surface area contributed by atoms with Crippen molar-refractivity contribution in [3.8, 4) is 0 Å². The van der Waals surface area contributed by atoms with Crippen molar-refractivity contribution in [1.29, 1.82) is 0 Å². The zero-order chi connectivity index (χ0) is 11.1. The van der Waals surface area contributed by atoms with Gasteiger partial charge in [0, 0.05) is 5.69 Å². The molecule has 2 aromatic carbocycles. The van der Waals surface area contributed by atoms with E-state index in [1.54, 1.807) is 24.3 Å². The molecule has 1 nitrogen and oxygen atoms in total. The lowest BCUT2D eigenvalue weighted by Crippen LogP contribution is -2.08. The minimum atomic E-state index is -4.39. The monoisotopic (exact) mass is 211 g/mol. The predicted octanol–water partition coefficient (Wildman–Crippen LogP) is 3.44. The molecule has 15 heavy (non-hydrogen) atoms. The van der Waals surface area contributed by atoms with Gasteiger partial charge in [-0.3, -0.25) is 0 Å². The highest BCUT2D eigenvalue weighted by atomic mass is 19.4. The van der Waals surface area contributed by atoms with E-state index in [4.69, 9.17) is 5.73 Å². The first-order valence-corrected chi connectivity index (χ1v) is 4.34. The van der Waals surface area contributed by atoms with Crippen molar-refractivity contribution in [3.05, 3.63) is 42.0 Å². The van der Waals surface area contributed by atoms with E-state index in [1.807, 2.05) is 0 Å². The number of nitrogens with two attached hydrogens (primary N) is 1. The number of anilines is 1. The van der Waals surface area contributed by atoms with Gasteiger partial charge in [0.1, 0.15) is 0 Å². The summed E-state index contributed by atoms with van der Waals surface area (Å²) in [5, 5.41) is 1.25. The molecule has 0 saturated heterocycles. The molecule has 0 saturated carbocycles. The third-order valence-electron chi connectivity index (χ3n) is 2.22. The van der Waals surface area contributed by atoms with Crippen molar-refractivity contribution in [2.75, 3.05) is 5.73 Å². The largest absolute Gasteiger partial charge is 0.418 e. The molecule has 0 aliphatic rings. The molecule has 4 heteroatoms. The van der Waals surface area contributed by atoms with Crippen LogP contribution in [0.5, 0.6) is 0 Å². The molecule has 0 radical (unpaired) electrons. The maximum absolute atomic E-state index is 12.5. The SMILES string of the molecule is Nc1cc2ccccc2cc1C(F)(F)F. The third-order valence-corrected chi connectivity index (χ3v) is 2.22. The minimum Gasteiger partial charge on any atom is -0.398 e. The van der Waals surface area contributed by atoms with Crippen LogP contribution < -0.4 is 5.73 Å². The molecule has 2 aromatic rings. The number of hydrogen-bond acceptors (Lipinski definition) is 1. The molecule has 78 valence electrons. The van der Waals surface area contributed by atoms with Crippen molar-refractivity contribution in [2.24, 2.45) is 0 Å². The first-order valence-electron chi connectivity index (χ1n) is 4.34. The number of alkyl halides is 3. The second-order valence-corrected chi connectivity index (χ2v) is 3.28. The molecule has 0 spiro atoms. The fraction of sp³-hybridized carbons (Fsp3) is 0.0909. The van der Waals surface area contributed by atoms with E-state index in [-0.39, 0.29) is 5.69 Å². The summed E-state index contributed by atoms with van der Waals surface area (Å²) >= 11 is 0. The Bertz CT molecular complexity index is 503. The summed E-state index contributed by atoms with van der Waals surface area (Å²) in [4.78, 5) is 0. The fourth-order valence-electron chi connectivity index (χ4n) is 1.50. The Kier molecular flexibility index (Phi) is 2.07. The normalized spacial score (nSPS) is 11.9. The number of benzene rings is 2. The molecule has 2 N–H and O–H groups in total. The van der Waals surface area contributed by atoms with Crippen molar-refractivity contribution in [3.63, 3.8) is 0 Å². The fourth-order valence-corrected chi connectivity index (χ4v) is 1.50. The van der Waals surface area contributed by atoms with Crippen molar-refractivity contribution < 1.29 is 13.2 Å². The highest BCUT2D eigenvalue weighted by Gasteiger charge is 2.32. The Morgan fingerprint density at radius 2 is 1.47 bits per heavy atom. The molecule has 0 aliphatic heterocycles. The van der Waals surface area contributed by atoms with Crippen LogP contribution in [0.15, 0.2) is 36.4 Å². The molecule has 0 amide bonds. The van der Waals surface area contributed by atoms with Crippen LogP contribution in [-0.2, 0) is 6.18 Å². The Hall–Kier alpha value is -1.71. The van der Waals surface area contributed by atoms with Crippen LogP contribution in [0.3, 0.4) is 0 Å². The van der Waals surface area contributed by atoms with Crippen LogP contribution in [0, 0.1) is 0 Å². The average Bonchev–Trinajstić information content (AvgIpc) is 2.15. The van der Waals surface area contributed by atoms with Crippen LogP contribution in [-0.4, -0.2) is 0 Å². The van der Waals surface area contributed by atoms with E-state index in [2.05, 4.69) is 0 Å². The highest BCUT2D eigenvalue weighted by molar-refractivity contribution is 5.87. The molecule has 0 unspecified atom stereocenters. The van der Waals surface area contributed by atoms with E-state index < -0.39 is 11.7 Å². The van der Waals surface area contributed by atoms with Gasteiger partial charge in [0.05, 0.1) is 5.56 Å². The topological polar surface area (TPSA) is 26.0 Å². The summed E-state index contributed by atoms with van der Waals surface area (Å²) in [6.07, 6.45) is -4.39. The molecule has 2 rings (SSSR count). The second-order valence-electron chi connectivity index (χ2n) is 3.28. The highest BCUT2D eigenvalue weighted by Crippen LogP contribution is 2.35. The maximum atomic E-state index is 12.5. The van der Waals surface area contributed by atoms with E-state index in [0.717, 1.165) is 6.07 Å². The van der Waals surface area contributed by atoms with Crippen molar-refractivity contribution in [1.82, 2.24) is 0 Å². The average molecular weight is 211 g/mol. The van der Waals surface area contributed by atoms with Gasteiger partial charge in [-0.15, -0.1) is 0 Å². The van der Waals surface area contributed by atoms with Gasteiger partial charge in [-0.25, -0.2) is 0 Å². The van der Waals surface area contributed by atoms with Gasteiger partial charge >= 0.3 is 6.18 Å². The number of halogens is 3. The first kappa shape index (κ1) is 9.83. The van der Waals surface area contributed by atoms with E-state index in [9.17, 15) is 13.2 Å². The standard InChI is InChI=1S/C11H8F3N/c12-11(13,14)9-5-7-3-1-2-4-8(7)6-10(9)15/h1-6H,15H2. The molecule has 0 aromatic heterocycles. The number of fused-ring (bicyclic) bond motifs is 1. The van der Waals surface area contributed by atoms with Crippen LogP contribution in [0.4, 0.5) is 18.9 Å². The van der Waals surface area contributed by atoms with Crippen LogP contribution in [0.2, 0.25) is 0 Å². The van der Waals surface area contributed by atoms with Crippen molar-refractivity contribution >= 4 is 16.5 Å². The van der Waals surface area contributed by atoms with Gasteiger partial charge in [0.25, 0.3) is 0 Å².